The lowest BCUT2D eigenvalue weighted by Gasteiger charge is -2.45. The Labute approximate surface area is 701 Å². The summed E-state index contributed by atoms with van der Waals surface area (Å²) in [5.74, 6) is 0. The van der Waals surface area contributed by atoms with Crippen LogP contribution in [0.4, 0.5) is 34.1 Å². The lowest BCUT2D eigenvalue weighted by Crippen LogP contribution is -2.61. The third kappa shape index (κ3) is 10.1. The minimum absolute atomic E-state index is 0.0929. The second kappa shape index (κ2) is 25.1. The van der Waals surface area contributed by atoms with Crippen LogP contribution in [0.5, 0.6) is 0 Å². The van der Waals surface area contributed by atoms with Crippen LogP contribution in [0, 0.1) is 0 Å². The summed E-state index contributed by atoms with van der Waals surface area (Å²) >= 11 is 1.74. The summed E-state index contributed by atoms with van der Waals surface area (Å²) in [7, 11) is 0. The first-order valence-electron chi connectivity index (χ1n) is 47.4. The van der Waals surface area contributed by atoms with Crippen LogP contribution in [0.2, 0.25) is 0 Å². The first-order chi connectivity index (χ1) is 63.1. The molecule has 0 N–H and O–H groups in total. The second-order valence-corrected chi connectivity index (χ2v) is 35.1. The van der Waals surface area contributed by atoms with Crippen LogP contribution < -0.4 is 26.2 Å². The van der Waals surface area contributed by atoms with E-state index in [1.165, 1.54) is 0 Å². The zero-order valence-electron chi connectivity index (χ0n) is 81.1. The van der Waals surface area contributed by atoms with Gasteiger partial charge in [0.15, 0.2) is 5.58 Å². The average molecular weight is 1520 g/mol. The first-order valence-corrected chi connectivity index (χ1v) is 40.2. The van der Waals surface area contributed by atoms with Crippen LogP contribution >= 0.6 is 11.3 Å². The Bertz CT molecular complexity index is 8490. The van der Waals surface area contributed by atoms with E-state index in [9.17, 15) is 21.9 Å². The SMILES string of the molecule is [2H]c1c([2H])c([2H])c2c(c1[2H])c1c([2H])c([2H])c([2H])c([2H])c1n2-c1ccc2c(c1)N(c1c(-c3ccccc3)cc(C(C)(C)C)cc1-c1ccccc1)c1cc(-n3c4c([2H])c([2H])c([2H])c([2H])c4c4c([2H])c([2H])c([2H])c([2H])c43)cc3c1B2c1ccc(-n2c4ccc(C(C)(C)C)cc4c4cc(C(C)(C)C)ccc42)cc1N3c1cccc2c1oc1c(-c3cccc4sc5ccccc5c34)cccc12. The summed E-state index contributed by atoms with van der Waals surface area (Å²) in [6.07, 6.45) is 0. The predicted molar refractivity (Wildman–Crippen MR) is 496 cm³/mol. The number of furan rings is 1. The molecule has 0 radical (unpaired) electrons. The van der Waals surface area contributed by atoms with Crippen LogP contribution in [0.1, 0.15) is 101 Å². The molecule has 0 spiro atoms. The molecule has 0 unspecified atom stereocenters. The van der Waals surface area contributed by atoms with Crippen LogP contribution in [-0.2, 0) is 16.2 Å². The van der Waals surface area contributed by atoms with E-state index >= 15 is 0 Å². The van der Waals surface area contributed by atoms with Crippen molar-refractivity contribution in [2.75, 3.05) is 9.80 Å². The Hall–Kier alpha value is -13.4. The molecule has 7 heterocycles. The third-order valence-corrected chi connectivity index (χ3v) is 25.3. The van der Waals surface area contributed by atoms with E-state index < -0.39 is 109 Å². The number of hydrogen-bond acceptors (Lipinski definition) is 4. The van der Waals surface area contributed by atoms with Crippen molar-refractivity contribution in [2.45, 2.75) is 78.6 Å². The second-order valence-electron chi connectivity index (χ2n) is 34.0. The molecule has 2 aliphatic rings. The molecule has 0 aliphatic carbocycles. The van der Waals surface area contributed by atoms with E-state index in [1.54, 1.807) is 20.5 Å². The van der Waals surface area contributed by atoms with Crippen molar-refractivity contribution in [3.8, 4) is 50.4 Å². The molecule has 6 nitrogen and oxygen atoms in total. The number of anilines is 6. The Morgan fingerprint density at radius 1 is 0.302 bits per heavy atom. The maximum absolute atomic E-state index is 10.3. The van der Waals surface area contributed by atoms with Gasteiger partial charge in [-0.05, 0) is 181 Å². The van der Waals surface area contributed by atoms with Crippen LogP contribution in [0.15, 0.2) is 338 Å². The standard InChI is InChI=1S/C108H82BN5OS/c1-106(2,3)67-49-55-92-84(57-67)85-58-68(107(4,5)6)50-56-93(85)111(92)70-51-53-86-95(61-70)113(94-46-27-41-80-79-40-26-39-78(104(79)115-105(80)94)77-38-28-48-100-101(77)81-37-20-25-47-99(81)116-100)97-63-72(112-90-44-23-18-35-75(90)76-36-19-24-45-91(76)112)64-98-102(97)109(86)87-54-52-71(110-88-42-21-16-33-73(88)74-34-17-22-43-89(74)110)62-96(87)114(98)103-82(65-29-12-10-13-30-65)59-69(108(7,8)9)60-83(103)66-31-14-11-15-32-66/h10-64H,1-9H3/i16D,17D,18D,19D,21D,22D,23D,24D,33D,34D,35D,36D,42D,43D,44D,45D. The van der Waals surface area contributed by atoms with E-state index in [0.717, 1.165) is 114 Å². The number of benzene rings is 16. The molecule has 116 heavy (non-hydrogen) atoms. The van der Waals surface area contributed by atoms with Crippen molar-refractivity contribution >= 4 is 176 Å². The van der Waals surface area contributed by atoms with Crippen molar-refractivity contribution in [1.29, 1.82) is 0 Å². The molecule has 0 saturated carbocycles. The fourth-order valence-electron chi connectivity index (χ4n) is 18.6. The summed E-state index contributed by atoms with van der Waals surface area (Å²) < 4.78 is 171. The van der Waals surface area contributed by atoms with Gasteiger partial charge < -0.3 is 27.9 Å². The molecule has 5 aromatic heterocycles. The van der Waals surface area contributed by atoms with Gasteiger partial charge in [0.25, 0.3) is 6.71 Å². The minimum Gasteiger partial charge on any atom is -0.453 e. The number of para-hydroxylation sites is 6. The largest absolute Gasteiger partial charge is 0.453 e. The molecular weight excluding hydrogens is 1430 g/mol. The topological polar surface area (TPSA) is 34.4 Å². The molecule has 23 rings (SSSR count). The molecule has 554 valence electrons. The quantitative estimate of drug-likeness (QED) is 0.142. The van der Waals surface area contributed by atoms with Gasteiger partial charge in [0.05, 0.1) is 72.1 Å². The van der Waals surface area contributed by atoms with Gasteiger partial charge in [0.1, 0.15) is 5.58 Å². The van der Waals surface area contributed by atoms with E-state index in [2.05, 4.69) is 240 Å². The van der Waals surface area contributed by atoms with Crippen LogP contribution in [0.3, 0.4) is 0 Å². The molecule has 0 fully saturated rings. The van der Waals surface area contributed by atoms with Crippen LogP contribution in [0.25, 0.3) is 158 Å². The van der Waals surface area contributed by atoms with E-state index in [0.29, 0.717) is 56.2 Å². The van der Waals surface area contributed by atoms with Crippen molar-refractivity contribution in [2.24, 2.45) is 0 Å². The number of nitrogens with zero attached hydrogens (tertiary/aromatic N) is 5. The summed E-state index contributed by atoms with van der Waals surface area (Å²) in [5.41, 5.74) is 16.7. The van der Waals surface area contributed by atoms with Gasteiger partial charge in [-0.2, -0.15) is 0 Å². The smallest absolute Gasteiger partial charge is 0.252 e. The Morgan fingerprint density at radius 3 is 1.28 bits per heavy atom. The number of thiophene rings is 1. The number of rotatable bonds is 8. The molecule has 0 saturated heterocycles. The monoisotopic (exact) mass is 1520 g/mol. The molecular formula is C108H82BN5OS. The van der Waals surface area contributed by atoms with E-state index in [4.69, 9.17) is 4.42 Å². The highest BCUT2D eigenvalue weighted by molar-refractivity contribution is 7.26. The highest BCUT2D eigenvalue weighted by Crippen LogP contribution is 2.55. The van der Waals surface area contributed by atoms with Crippen molar-refractivity contribution in [3.63, 3.8) is 0 Å². The average Bonchev–Trinajstić information content (AvgIpc) is 1.00. The molecule has 21 aromatic rings. The van der Waals surface area contributed by atoms with Crippen molar-refractivity contribution < 1.29 is 26.3 Å². The molecule has 16 aromatic carbocycles. The number of hydrogen-bond donors (Lipinski definition) is 0. The Kier molecular flexibility index (Phi) is 11.6. The zero-order chi connectivity index (χ0) is 91.9. The fraction of sp³-hybridized carbons (Fsp3) is 0.111. The summed E-state index contributed by atoms with van der Waals surface area (Å²) in [6, 6.07) is 73.0. The molecule has 2 aliphatic heterocycles. The summed E-state index contributed by atoms with van der Waals surface area (Å²) in [5, 5.41) is 5.48. The molecule has 0 amide bonds. The van der Waals surface area contributed by atoms with E-state index in [1.807, 2.05) is 72.8 Å². The first kappa shape index (κ1) is 53.6. The lowest BCUT2D eigenvalue weighted by atomic mass is 9.33. The molecule has 0 atom stereocenters. The highest BCUT2D eigenvalue weighted by Gasteiger charge is 2.46. The number of aromatic nitrogens is 3. The van der Waals surface area contributed by atoms with Gasteiger partial charge in [-0.25, -0.2) is 0 Å². The maximum atomic E-state index is 10.3. The predicted octanol–water partition coefficient (Wildman–Crippen LogP) is 28.2. The van der Waals surface area contributed by atoms with Gasteiger partial charge in [-0.3, -0.25) is 0 Å². The molecule has 0 bridgehead atoms. The van der Waals surface area contributed by atoms with Gasteiger partial charge in [-0.1, -0.05) is 280 Å². The highest BCUT2D eigenvalue weighted by atomic mass is 32.1. The van der Waals surface area contributed by atoms with Gasteiger partial charge >= 0.3 is 0 Å². The van der Waals surface area contributed by atoms with Crippen LogP contribution in [-0.4, -0.2) is 20.4 Å². The normalized spacial score (nSPS) is 15.1. The summed E-state index contributed by atoms with van der Waals surface area (Å²) in [6.45, 7) is 19.0. The molecule has 8 heteroatoms. The zero-order valence-corrected chi connectivity index (χ0v) is 66.0. The van der Waals surface area contributed by atoms with E-state index in [-0.39, 0.29) is 65.8 Å². The lowest BCUT2D eigenvalue weighted by molar-refractivity contribution is 0.590. The third-order valence-electron chi connectivity index (χ3n) is 24.2. The van der Waals surface area contributed by atoms with Gasteiger partial charge in [0, 0.05) is 114 Å². The van der Waals surface area contributed by atoms with Crippen molar-refractivity contribution in [1.82, 2.24) is 13.7 Å². The van der Waals surface area contributed by atoms with Crippen molar-refractivity contribution in [3.05, 3.63) is 350 Å². The summed E-state index contributed by atoms with van der Waals surface area (Å²) in [4.78, 5) is 4.44. The maximum Gasteiger partial charge on any atom is 0.252 e. The number of fused-ring (bicyclic) bond motifs is 19. The van der Waals surface area contributed by atoms with Gasteiger partial charge in [0.2, 0.25) is 0 Å². The van der Waals surface area contributed by atoms with Gasteiger partial charge in [-0.15, -0.1) is 11.3 Å². The Balaban J connectivity index is 0.938. The Morgan fingerprint density at radius 2 is 0.733 bits per heavy atom. The minimum atomic E-state index is -0.844. The fourth-order valence-corrected chi connectivity index (χ4v) is 19.8.